The van der Waals surface area contributed by atoms with Crippen molar-refractivity contribution in [3.05, 3.63) is 71.8 Å². The number of benzene rings is 2. The molecule has 1 atom stereocenters. The van der Waals surface area contributed by atoms with Gasteiger partial charge in [0.05, 0.1) is 11.3 Å². The normalized spacial score (nSPS) is 16.3. The van der Waals surface area contributed by atoms with Crippen molar-refractivity contribution in [2.24, 2.45) is 5.92 Å². The molecule has 1 aliphatic rings. The third-order valence-electron chi connectivity index (χ3n) is 4.65. The number of aliphatic hydroxyl groups excluding tert-OH is 1. The summed E-state index contributed by atoms with van der Waals surface area (Å²) in [5.74, 6) is -0.0405. The molecule has 1 fully saturated rings. The van der Waals surface area contributed by atoms with Crippen LogP contribution in [0, 0.1) is 5.92 Å². The number of ether oxygens (including phenoxy) is 1. The molecule has 1 heterocycles. The van der Waals surface area contributed by atoms with Crippen molar-refractivity contribution in [3.8, 4) is 0 Å². The van der Waals surface area contributed by atoms with E-state index in [9.17, 15) is 14.7 Å². The van der Waals surface area contributed by atoms with Crippen LogP contribution in [0.4, 0.5) is 10.5 Å². The lowest BCUT2D eigenvalue weighted by molar-refractivity contribution is 0.0783. The Balaban J connectivity index is 1.56. The number of hydrogen-bond acceptors (Lipinski definition) is 4. The van der Waals surface area contributed by atoms with Gasteiger partial charge < -0.3 is 14.7 Å². The maximum absolute atomic E-state index is 12.8. The number of anilines is 1. The Labute approximate surface area is 164 Å². The van der Waals surface area contributed by atoms with E-state index in [1.807, 2.05) is 36.4 Å². The predicted molar refractivity (Wildman–Crippen MR) is 108 cm³/mol. The maximum Gasteiger partial charge on any atom is 0.411 e. The Morgan fingerprint density at radius 1 is 1.14 bits per heavy atom. The second-order valence-corrected chi connectivity index (χ2v) is 6.67. The standard InChI is InChI=1S/C22H24N2O4/c25-16-18-12-13-24(15-18)21(26)19-10-4-5-11-20(19)23-22(27)28-14-6-9-17-7-2-1-3-8-17/h1-11,18,25H,12-16H2,(H,23,27). The highest BCUT2D eigenvalue weighted by molar-refractivity contribution is 6.02. The van der Waals surface area contributed by atoms with Crippen molar-refractivity contribution in [3.63, 3.8) is 0 Å². The van der Waals surface area contributed by atoms with Gasteiger partial charge in [-0.3, -0.25) is 10.1 Å². The first-order chi connectivity index (χ1) is 13.7. The van der Waals surface area contributed by atoms with Gasteiger partial charge in [0.25, 0.3) is 5.91 Å². The van der Waals surface area contributed by atoms with Gasteiger partial charge in [0.1, 0.15) is 6.61 Å². The van der Waals surface area contributed by atoms with Crippen LogP contribution in [0.2, 0.25) is 0 Å². The number of rotatable bonds is 6. The summed E-state index contributed by atoms with van der Waals surface area (Å²) in [6, 6.07) is 16.6. The summed E-state index contributed by atoms with van der Waals surface area (Å²) in [6.45, 7) is 1.33. The van der Waals surface area contributed by atoms with Crippen molar-refractivity contribution in [1.29, 1.82) is 0 Å². The Kier molecular flexibility index (Phi) is 6.81. The van der Waals surface area contributed by atoms with E-state index < -0.39 is 6.09 Å². The minimum atomic E-state index is -0.618. The molecule has 1 saturated heterocycles. The average molecular weight is 380 g/mol. The number of carbonyl (C=O) groups is 2. The molecule has 0 saturated carbocycles. The third-order valence-corrected chi connectivity index (χ3v) is 4.65. The summed E-state index contributed by atoms with van der Waals surface area (Å²) in [6.07, 6.45) is 3.79. The number of amides is 2. The van der Waals surface area contributed by atoms with Gasteiger partial charge in [-0.05, 0) is 30.2 Å². The van der Waals surface area contributed by atoms with E-state index in [-0.39, 0.29) is 25.0 Å². The van der Waals surface area contributed by atoms with Crippen molar-refractivity contribution in [2.75, 3.05) is 31.6 Å². The number of para-hydroxylation sites is 1. The van der Waals surface area contributed by atoms with E-state index in [0.29, 0.717) is 24.3 Å². The van der Waals surface area contributed by atoms with Crippen molar-refractivity contribution >= 4 is 23.8 Å². The fraction of sp³-hybridized carbons (Fsp3) is 0.273. The van der Waals surface area contributed by atoms with E-state index in [2.05, 4.69) is 5.32 Å². The number of hydrogen-bond donors (Lipinski definition) is 2. The first-order valence-corrected chi connectivity index (χ1v) is 9.32. The largest absolute Gasteiger partial charge is 0.445 e. The molecular weight excluding hydrogens is 356 g/mol. The van der Waals surface area contributed by atoms with E-state index in [1.54, 1.807) is 35.2 Å². The number of likely N-dealkylation sites (tertiary alicyclic amines) is 1. The predicted octanol–water partition coefficient (Wildman–Crippen LogP) is 3.40. The topological polar surface area (TPSA) is 78.9 Å². The molecule has 28 heavy (non-hydrogen) atoms. The molecule has 3 rings (SSSR count). The van der Waals surface area contributed by atoms with Crippen LogP contribution < -0.4 is 5.32 Å². The molecule has 0 radical (unpaired) electrons. The van der Waals surface area contributed by atoms with Gasteiger partial charge in [0.2, 0.25) is 0 Å². The van der Waals surface area contributed by atoms with Gasteiger partial charge in [-0.15, -0.1) is 0 Å². The summed E-state index contributed by atoms with van der Waals surface area (Å²) in [5, 5.41) is 11.9. The van der Waals surface area contributed by atoms with Gasteiger partial charge in [-0.1, -0.05) is 48.5 Å². The van der Waals surface area contributed by atoms with Gasteiger partial charge in [0, 0.05) is 25.6 Å². The fourth-order valence-corrected chi connectivity index (χ4v) is 3.13. The summed E-state index contributed by atoms with van der Waals surface area (Å²) in [4.78, 5) is 26.6. The highest BCUT2D eigenvalue weighted by Crippen LogP contribution is 2.22. The van der Waals surface area contributed by atoms with Crippen LogP contribution in [0.1, 0.15) is 22.3 Å². The van der Waals surface area contributed by atoms with Gasteiger partial charge in [-0.25, -0.2) is 4.79 Å². The molecule has 2 amide bonds. The molecule has 2 aromatic rings. The molecule has 0 aromatic heterocycles. The van der Waals surface area contributed by atoms with Crippen LogP contribution in [-0.2, 0) is 4.74 Å². The summed E-state index contributed by atoms with van der Waals surface area (Å²) in [5.41, 5.74) is 1.85. The monoisotopic (exact) mass is 380 g/mol. The lowest BCUT2D eigenvalue weighted by atomic mass is 10.1. The quantitative estimate of drug-likeness (QED) is 0.805. The molecule has 2 aromatic carbocycles. The first-order valence-electron chi connectivity index (χ1n) is 9.32. The Morgan fingerprint density at radius 3 is 2.64 bits per heavy atom. The smallest absolute Gasteiger partial charge is 0.411 e. The number of nitrogens with zero attached hydrogens (tertiary/aromatic N) is 1. The minimum Gasteiger partial charge on any atom is -0.445 e. The van der Waals surface area contributed by atoms with E-state index in [1.165, 1.54) is 0 Å². The highest BCUT2D eigenvalue weighted by atomic mass is 16.5. The lowest BCUT2D eigenvalue weighted by Gasteiger charge is -2.18. The zero-order valence-electron chi connectivity index (χ0n) is 15.6. The van der Waals surface area contributed by atoms with Crippen LogP contribution in [-0.4, -0.2) is 48.3 Å². The molecule has 146 valence electrons. The molecule has 1 unspecified atom stereocenters. The summed E-state index contributed by atoms with van der Waals surface area (Å²) in [7, 11) is 0. The first kappa shape index (κ1) is 19.6. The molecule has 2 N–H and O–H groups in total. The van der Waals surface area contributed by atoms with Crippen molar-refractivity contribution in [2.45, 2.75) is 6.42 Å². The Hall–Kier alpha value is -3.12. The van der Waals surface area contributed by atoms with Crippen molar-refractivity contribution in [1.82, 2.24) is 4.90 Å². The van der Waals surface area contributed by atoms with E-state index in [0.717, 1.165) is 12.0 Å². The van der Waals surface area contributed by atoms with Crippen LogP contribution in [0.5, 0.6) is 0 Å². The Morgan fingerprint density at radius 2 is 1.89 bits per heavy atom. The molecule has 0 aliphatic carbocycles. The van der Waals surface area contributed by atoms with E-state index in [4.69, 9.17) is 4.74 Å². The second-order valence-electron chi connectivity index (χ2n) is 6.67. The lowest BCUT2D eigenvalue weighted by Crippen LogP contribution is -2.30. The zero-order valence-corrected chi connectivity index (χ0v) is 15.6. The van der Waals surface area contributed by atoms with E-state index >= 15 is 0 Å². The highest BCUT2D eigenvalue weighted by Gasteiger charge is 2.27. The van der Waals surface area contributed by atoms with Gasteiger partial charge in [0.15, 0.2) is 0 Å². The van der Waals surface area contributed by atoms with Crippen molar-refractivity contribution < 1.29 is 19.4 Å². The fourth-order valence-electron chi connectivity index (χ4n) is 3.13. The summed E-state index contributed by atoms with van der Waals surface area (Å²) < 4.78 is 5.17. The minimum absolute atomic E-state index is 0.0759. The molecular formula is C22H24N2O4. The zero-order chi connectivity index (χ0) is 19.8. The van der Waals surface area contributed by atoms with Crippen LogP contribution in [0.15, 0.2) is 60.7 Å². The SMILES string of the molecule is O=C(Nc1ccccc1C(=O)N1CCC(CO)C1)OCC=Cc1ccccc1. The molecule has 6 heteroatoms. The van der Waals surface area contributed by atoms with Crippen LogP contribution >= 0.6 is 0 Å². The number of carbonyl (C=O) groups excluding carboxylic acids is 2. The average Bonchev–Trinajstić information content (AvgIpc) is 3.21. The van der Waals surface area contributed by atoms with Gasteiger partial charge in [-0.2, -0.15) is 0 Å². The maximum atomic E-state index is 12.8. The van der Waals surface area contributed by atoms with Gasteiger partial charge >= 0.3 is 6.09 Å². The second kappa shape index (κ2) is 9.71. The van der Waals surface area contributed by atoms with Crippen LogP contribution in [0.25, 0.3) is 6.08 Å². The molecule has 0 bridgehead atoms. The molecule has 6 nitrogen and oxygen atoms in total. The summed E-state index contributed by atoms with van der Waals surface area (Å²) >= 11 is 0. The molecule has 1 aliphatic heterocycles. The Bertz CT molecular complexity index is 835. The number of aliphatic hydroxyl groups is 1. The third kappa shape index (κ3) is 5.20. The number of nitrogens with one attached hydrogen (secondary N) is 1. The molecule has 0 spiro atoms. The van der Waals surface area contributed by atoms with Crippen LogP contribution in [0.3, 0.4) is 0 Å².